The van der Waals surface area contributed by atoms with Crippen LogP contribution in [0.2, 0.25) is 0 Å². The predicted molar refractivity (Wildman–Crippen MR) is 225 cm³/mol. The monoisotopic (exact) mass is 789 g/mol. The van der Waals surface area contributed by atoms with E-state index < -0.39 is 35.6 Å². The highest BCUT2D eigenvalue weighted by Gasteiger charge is 2.45. The zero-order valence-corrected chi connectivity index (χ0v) is 32.2. The van der Waals surface area contributed by atoms with E-state index >= 15 is 0 Å². The minimum absolute atomic E-state index is 0.0797. The molecule has 4 amide bonds. The summed E-state index contributed by atoms with van der Waals surface area (Å²) in [6.45, 7) is 2.21. The van der Waals surface area contributed by atoms with Gasteiger partial charge in [0.2, 0.25) is 11.8 Å². The van der Waals surface area contributed by atoms with Crippen LogP contribution in [0.25, 0.3) is 28.0 Å². The average molecular weight is 790 g/mol. The number of pyridine rings is 1. The molecule has 2 aliphatic rings. The highest BCUT2D eigenvalue weighted by molar-refractivity contribution is 6.25. The number of aromatic nitrogens is 2. The van der Waals surface area contributed by atoms with Crippen LogP contribution in [-0.4, -0.2) is 68.1 Å². The van der Waals surface area contributed by atoms with Gasteiger partial charge in [-0.25, -0.2) is 9.78 Å². The van der Waals surface area contributed by atoms with Gasteiger partial charge in [0, 0.05) is 42.6 Å². The van der Waals surface area contributed by atoms with Crippen molar-refractivity contribution in [3.63, 3.8) is 0 Å². The smallest absolute Gasteiger partial charge is 0.335 e. The molecule has 59 heavy (non-hydrogen) atoms. The van der Waals surface area contributed by atoms with E-state index in [0.29, 0.717) is 12.2 Å². The number of aromatic carboxylic acids is 1. The largest absolute Gasteiger partial charge is 0.478 e. The first kappa shape index (κ1) is 38.7. The van der Waals surface area contributed by atoms with Crippen molar-refractivity contribution in [2.45, 2.75) is 51.1 Å². The van der Waals surface area contributed by atoms with Gasteiger partial charge in [-0.3, -0.25) is 33.8 Å². The Hall–Kier alpha value is -7.12. The van der Waals surface area contributed by atoms with Gasteiger partial charge in [0.1, 0.15) is 23.2 Å². The normalized spacial score (nSPS) is 15.1. The number of imidazole rings is 1. The quantitative estimate of drug-likeness (QED) is 0.0496. The van der Waals surface area contributed by atoms with E-state index in [1.807, 2.05) is 28.8 Å². The summed E-state index contributed by atoms with van der Waals surface area (Å²) in [5.41, 5.74) is 7.87. The lowest BCUT2D eigenvalue weighted by Crippen LogP contribution is -2.54. The van der Waals surface area contributed by atoms with Gasteiger partial charge in [-0.2, -0.15) is 0 Å². The molecule has 0 aliphatic carbocycles. The number of unbranched alkanes of at least 4 members (excludes halogenated alkanes) is 3. The number of benzene rings is 4. The van der Waals surface area contributed by atoms with Crippen LogP contribution in [0.5, 0.6) is 0 Å². The Bertz CT molecular complexity index is 2550. The molecule has 1 saturated heterocycles. The molecule has 2 aliphatic heterocycles. The van der Waals surface area contributed by atoms with Crippen molar-refractivity contribution in [2.75, 3.05) is 23.7 Å². The molecule has 6 aromatic rings. The van der Waals surface area contributed by atoms with E-state index in [1.54, 1.807) is 42.5 Å². The third-order valence-electron chi connectivity index (χ3n) is 10.7. The maximum atomic E-state index is 13.3. The number of rotatable bonds is 16. The first-order valence-electron chi connectivity index (χ1n) is 19.8. The SMILES string of the molecule is O=C1CCC(N2C(=O)c3cccc(NCCCCCCNCc4ccc(-c5nc6cc(-c7ccccc7)ccn6c5Nc5ccc(C(=O)O)cc5)cc4)c3C2=O)C(=O)N1. The van der Waals surface area contributed by atoms with Crippen LogP contribution >= 0.6 is 0 Å². The predicted octanol–water partition coefficient (Wildman–Crippen LogP) is 7.27. The average Bonchev–Trinajstić information content (AvgIpc) is 3.73. The Labute approximate surface area is 340 Å². The Morgan fingerprint density at radius 2 is 1.54 bits per heavy atom. The lowest BCUT2D eigenvalue weighted by molar-refractivity contribution is -0.136. The van der Waals surface area contributed by atoms with Crippen LogP contribution in [0.4, 0.5) is 17.2 Å². The Morgan fingerprint density at radius 1 is 0.780 bits per heavy atom. The third kappa shape index (κ3) is 8.32. The van der Waals surface area contributed by atoms with Crippen LogP contribution < -0.4 is 21.3 Å². The van der Waals surface area contributed by atoms with Crippen LogP contribution in [0.15, 0.2) is 115 Å². The number of carboxylic acid groups (broad SMARTS) is 1. The number of amides is 4. The molecule has 4 aromatic carbocycles. The number of anilines is 3. The van der Waals surface area contributed by atoms with E-state index in [2.05, 4.69) is 69.8 Å². The fourth-order valence-corrected chi connectivity index (χ4v) is 7.64. The fraction of sp³-hybridized carbons (Fsp3) is 0.217. The van der Waals surface area contributed by atoms with Gasteiger partial charge in [-0.15, -0.1) is 0 Å². The van der Waals surface area contributed by atoms with Crippen molar-refractivity contribution in [1.82, 2.24) is 24.9 Å². The minimum Gasteiger partial charge on any atom is -0.478 e. The molecule has 0 radical (unpaired) electrons. The Kier molecular flexibility index (Phi) is 11.3. The molecule has 8 rings (SSSR count). The molecular weight excluding hydrogens is 747 g/mol. The fourth-order valence-electron chi connectivity index (χ4n) is 7.64. The highest BCUT2D eigenvalue weighted by atomic mass is 16.4. The second-order valence-electron chi connectivity index (χ2n) is 14.7. The van der Waals surface area contributed by atoms with Crippen LogP contribution in [0.3, 0.4) is 0 Å². The van der Waals surface area contributed by atoms with E-state index in [0.717, 1.165) is 88.8 Å². The Balaban J connectivity index is 0.829. The summed E-state index contributed by atoms with van der Waals surface area (Å²) in [6.07, 6.45) is 6.09. The van der Waals surface area contributed by atoms with E-state index in [4.69, 9.17) is 4.98 Å². The Morgan fingerprint density at radius 3 is 2.29 bits per heavy atom. The topological polar surface area (TPSA) is 174 Å². The number of piperidine rings is 1. The van der Waals surface area contributed by atoms with Gasteiger partial charge in [-0.1, -0.05) is 73.5 Å². The molecule has 0 bridgehead atoms. The lowest BCUT2D eigenvalue weighted by Gasteiger charge is -2.27. The molecule has 13 nitrogen and oxygen atoms in total. The second kappa shape index (κ2) is 17.2. The van der Waals surface area contributed by atoms with E-state index in [-0.39, 0.29) is 29.5 Å². The summed E-state index contributed by atoms with van der Waals surface area (Å²) in [4.78, 5) is 67.9. The molecule has 1 unspecified atom stereocenters. The molecule has 1 fully saturated rings. The number of carboxylic acids is 1. The van der Waals surface area contributed by atoms with Crippen molar-refractivity contribution in [1.29, 1.82) is 0 Å². The summed E-state index contributed by atoms with van der Waals surface area (Å²) in [7, 11) is 0. The molecule has 2 aromatic heterocycles. The van der Waals surface area contributed by atoms with E-state index in [9.17, 15) is 29.1 Å². The van der Waals surface area contributed by atoms with Crippen molar-refractivity contribution >= 4 is 52.4 Å². The van der Waals surface area contributed by atoms with E-state index in [1.165, 1.54) is 0 Å². The van der Waals surface area contributed by atoms with Crippen LogP contribution in [0, 0.1) is 0 Å². The lowest BCUT2D eigenvalue weighted by atomic mass is 10.0. The summed E-state index contributed by atoms with van der Waals surface area (Å²) in [5.74, 6) is -2.25. The molecule has 5 N–H and O–H groups in total. The van der Waals surface area contributed by atoms with Crippen molar-refractivity contribution in [3.05, 3.63) is 138 Å². The highest BCUT2D eigenvalue weighted by Crippen LogP contribution is 2.34. The maximum Gasteiger partial charge on any atom is 0.335 e. The number of nitrogens with one attached hydrogen (secondary N) is 4. The number of hydrogen-bond acceptors (Lipinski definition) is 9. The minimum atomic E-state index is -0.991. The van der Waals surface area contributed by atoms with Crippen molar-refractivity contribution in [3.8, 4) is 22.4 Å². The first-order chi connectivity index (χ1) is 28.7. The van der Waals surface area contributed by atoms with Gasteiger partial charge >= 0.3 is 5.97 Å². The molecule has 13 heteroatoms. The number of carbonyl (C=O) groups excluding carboxylic acids is 4. The zero-order chi connectivity index (χ0) is 40.9. The third-order valence-corrected chi connectivity index (χ3v) is 10.7. The van der Waals surface area contributed by atoms with Gasteiger partial charge in [0.25, 0.3) is 11.8 Å². The summed E-state index contributed by atoms with van der Waals surface area (Å²) < 4.78 is 2.01. The number of nitrogens with zero attached hydrogens (tertiary/aromatic N) is 3. The zero-order valence-electron chi connectivity index (χ0n) is 32.2. The van der Waals surface area contributed by atoms with Gasteiger partial charge in [-0.05, 0) is 91.0 Å². The van der Waals surface area contributed by atoms with Crippen molar-refractivity contribution in [2.24, 2.45) is 0 Å². The number of fused-ring (bicyclic) bond motifs is 2. The number of carbonyl (C=O) groups is 5. The molecular formula is C46H43N7O6. The standard InChI is InChI=1S/C46H43N7O6/c54-39-22-21-37(43(55)51-39)53-44(56)35-11-8-12-36(40(35)45(53)57)48-25-7-2-1-6-24-47-28-29-13-15-31(16-14-29)41-42(49-34-19-17-32(18-20-34)46(58)59)52-26-23-33(27-38(52)50-41)30-9-4-3-5-10-30/h3-5,8-20,23,26-27,37,47-49H,1-2,6-7,21-22,24-25,28H2,(H,58,59)(H,51,54,55). The van der Waals surface area contributed by atoms with Crippen LogP contribution in [-0.2, 0) is 16.1 Å². The molecule has 0 saturated carbocycles. The molecule has 0 spiro atoms. The van der Waals surface area contributed by atoms with Crippen LogP contribution in [0.1, 0.15) is 75.2 Å². The number of hydrogen-bond donors (Lipinski definition) is 5. The van der Waals surface area contributed by atoms with Crippen molar-refractivity contribution < 1.29 is 29.1 Å². The second-order valence-corrected chi connectivity index (χ2v) is 14.7. The maximum absolute atomic E-state index is 13.3. The summed E-state index contributed by atoms with van der Waals surface area (Å²) >= 11 is 0. The summed E-state index contributed by atoms with van der Waals surface area (Å²) in [6, 6.07) is 33.4. The molecule has 1 atom stereocenters. The molecule has 4 heterocycles. The molecule has 298 valence electrons. The summed E-state index contributed by atoms with van der Waals surface area (Å²) in [5, 5.41) is 21.9. The number of imide groups is 2. The first-order valence-corrected chi connectivity index (χ1v) is 19.8. The van der Waals surface area contributed by atoms with Gasteiger partial charge in [0.15, 0.2) is 0 Å². The van der Waals surface area contributed by atoms with Gasteiger partial charge in [0.05, 0.1) is 16.7 Å². The van der Waals surface area contributed by atoms with Gasteiger partial charge < -0.3 is 21.1 Å².